The molecule has 0 aliphatic heterocycles. The summed E-state index contributed by atoms with van der Waals surface area (Å²) in [6.45, 7) is 4.65. The average molecular weight is 252 g/mol. The van der Waals surface area contributed by atoms with Gasteiger partial charge >= 0.3 is 0 Å². The molecule has 2 aromatic carbocycles. The fraction of sp³-hybridized carbons (Fsp3) is 0.176. The van der Waals surface area contributed by atoms with Crippen molar-refractivity contribution in [2.24, 2.45) is 0 Å². The van der Waals surface area contributed by atoms with Gasteiger partial charge in [0, 0.05) is 10.9 Å². The van der Waals surface area contributed by atoms with E-state index < -0.39 is 0 Å². The molecule has 0 aliphatic carbocycles. The van der Waals surface area contributed by atoms with Crippen molar-refractivity contribution in [3.05, 3.63) is 65.4 Å². The van der Waals surface area contributed by atoms with Crippen molar-refractivity contribution < 1.29 is 9.15 Å². The van der Waals surface area contributed by atoms with Crippen molar-refractivity contribution in [1.29, 1.82) is 0 Å². The van der Waals surface area contributed by atoms with Gasteiger partial charge in [0.1, 0.15) is 17.9 Å². The number of hydrogen-bond donors (Lipinski definition) is 0. The van der Waals surface area contributed by atoms with Crippen LogP contribution in [0.4, 0.5) is 0 Å². The molecule has 0 bridgehead atoms. The molecule has 0 radical (unpaired) electrons. The van der Waals surface area contributed by atoms with Crippen LogP contribution in [-0.4, -0.2) is 0 Å². The van der Waals surface area contributed by atoms with Crippen LogP contribution >= 0.6 is 0 Å². The van der Waals surface area contributed by atoms with Gasteiger partial charge in [-0.1, -0.05) is 24.3 Å². The van der Waals surface area contributed by atoms with Gasteiger partial charge in [0.25, 0.3) is 0 Å². The zero-order chi connectivity index (χ0) is 13.2. The second-order valence-corrected chi connectivity index (χ2v) is 4.87. The lowest BCUT2D eigenvalue weighted by Crippen LogP contribution is -1.94. The second kappa shape index (κ2) is 4.81. The average Bonchev–Trinajstić information content (AvgIpc) is 2.78. The maximum atomic E-state index is 5.81. The number of rotatable bonds is 3. The van der Waals surface area contributed by atoms with E-state index in [-0.39, 0.29) is 0 Å². The first-order valence-electron chi connectivity index (χ1n) is 6.38. The van der Waals surface area contributed by atoms with Crippen LogP contribution in [0, 0.1) is 13.8 Å². The molecule has 96 valence electrons. The molecule has 0 unspecified atom stereocenters. The van der Waals surface area contributed by atoms with Crippen LogP contribution in [-0.2, 0) is 6.61 Å². The Hall–Kier alpha value is -2.22. The van der Waals surface area contributed by atoms with Gasteiger partial charge in [0.15, 0.2) is 0 Å². The van der Waals surface area contributed by atoms with Crippen LogP contribution in [0.3, 0.4) is 0 Å². The van der Waals surface area contributed by atoms with Gasteiger partial charge in [-0.05, 0) is 43.2 Å². The third-order valence-corrected chi connectivity index (χ3v) is 3.20. The molecular formula is C17H16O2. The van der Waals surface area contributed by atoms with Crippen LogP contribution in [0.25, 0.3) is 11.0 Å². The lowest BCUT2D eigenvalue weighted by molar-refractivity contribution is 0.306. The summed E-state index contributed by atoms with van der Waals surface area (Å²) in [6, 6.07) is 14.3. The molecule has 0 amide bonds. The zero-order valence-corrected chi connectivity index (χ0v) is 11.1. The third kappa shape index (κ3) is 2.48. The Labute approximate surface area is 112 Å². The van der Waals surface area contributed by atoms with Crippen molar-refractivity contribution in [2.45, 2.75) is 20.5 Å². The van der Waals surface area contributed by atoms with E-state index in [1.807, 2.05) is 24.3 Å². The molecule has 0 spiro atoms. The van der Waals surface area contributed by atoms with Crippen LogP contribution < -0.4 is 4.74 Å². The number of hydrogen-bond acceptors (Lipinski definition) is 2. The SMILES string of the molecule is Cc1cccc(OCc2coc3cc(C)ccc23)c1. The normalized spacial score (nSPS) is 10.8. The standard InChI is InChI=1S/C17H16O2/c1-12-4-3-5-15(8-12)18-10-14-11-19-17-9-13(2)6-7-16(14)17/h3-9,11H,10H2,1-2H3. The molecule has 0 N–H and O–H groups in total. The van der Waals surface area contributed by atoms with Gasteiger partial charge in [-0.2, -0.15) is 0 Å². The van der Waals surface area contributed by atoms with Crippen LogP contribution in [0.5, 0.6) is 5.75 Å². The molecule has 2 nitrogen and oxygen atoms in total. The van der Waals surface area contributed by atoms with Crippen molar-refractivity contribution in [3.63, 3.8) is 0 Å². The first-order chi connectivity index (χ1) is 9.22. The minimum atomic E-state index is 0.527. The molecule has 0 saturated carbocycles. The van der Waals surface area contributed by atoms with Gasteiger partial charge in [-0.25, -0.2) is 0 Å². The fourth-order valence-corrected chi connectivity index (χ4v) is 2.17. The molecule has 3 aromatic rings. The highest BCUT2D eigenvalue weighted by molar-refractivity contribution is 5.81. The number of furan rings is 1. The number of benzene rings is 2. The molecule has 0 fully saturated rings. The van der Waals surface area contributed by atoms with Crippen LogP contribution in [0.15, 0.2) is 53.1 Å². The summed E-state index contributed by atoms with van der Waals surface area (Å²) in [5, 5.41) is 1.12. The summed E-state index contributed by atoms with van der Waals surface area (Å²) in [5.41, 5.74) is 4.40. The summed E-state index contributed by atoms with van der Waals surface area (Å²) in [7, 11) is 0. The van der Waals surface area contributed by atoms with E-state index >= 15 is 0 Å². The van der Waals surface area contributed by atoms with Crippen LogP contribution in [0.2, 0.25) is 0 Å². The summed E-state index contributed by atoms with van der Waals surface area (Å²) < 4.78 is 11.4. The zero-order valence-electron chi connectivity index (χ0n) is 11.1. The van der Waals surface area contributed by atoms with Gasteiger partial charge < -0.3 is 9.15 Å². The predicted octanol–water partition coefficient (Wildman–Crippen LogP) is 4.63. The first kappa shape index (κ1) is 11.8. The quantitative estimate of drug-likeness (QED) is 0.678. The minimum absolute atomic E-state index is 0.527. The van der Waals surface area contributed by atoms with E-state index in [2.05, 4.69) is 32.0 Å². The van der Waals surface area contributed by atoms with E-state index in [4.69, 9.17) is 9.15 Å². The Balaban J connectivity index is 1.82. The van der Waals surface area contributed by atoms with Gasteiger partial charge in [-0.3, -0.25) is 0 Å². The highest BCUT2D eigenvalue weighted by Crippen LogP contribution is 2.24. The molecule has 0 aliphatic rings. The summed E-state index contributed by atoms with van der Waals surface area (Å²) in [6.07, 6.45) is 1.78. The molecule has 0 saturated heterocycles. The number of aryl methyl sites for hydroxylation is 2. The molecule has 19 heavy (non-hydrogen) atoms. The largest absolute Gasteiger partial charge is 0.489 e. The van der Waals surface area contributed by atoms with Gasteiger partial charge in [-0.15, -0.1) is 0 Å². The summed E-state index contributed by atoms with van der Waals surface area (Å²) in [5.74, 6) is 0.890. The van der Waals surface area contributed by atoms with Gasteiger partial charge in [0.05, 0.1) is 6.26 Å². The first-order valence-corrected chi connectivity index (χ1v) is 6.38. The monoisotopic (exact) mass is 252 g/mol. The Kier molecular flexibility index (Phi) is 3.00. The van der Waals surface area contributed by atoms with Crippen molar-refractivity contribution in [2.75, 3.05) is 0 Å². The molecule has 2 heteroatoms. The third-order valence-electron chi connectivity index (χ3n) is 3.20. The Morgan fingerprint density at radius 1 is 1.00 bits per heavy atom. The molecule has 1 aromatic heterocycles. The second-order valence-electron chi connectivity index (χ2n) is 4.87. The number of fused-ring (bicyclic) bond motifs is 1. The van der Waals surface area contributed by atoms with Crippen molar-refractivity contribution in [3.8, 4) is 5.75 Å². The molecule has 3 rings (SSSR count). The number of ether oxygens (including phenoxy) is 1. The summed E-state index contributed by atoms with van der Waals surface area (Å²) >= 11 is 0. The smallest absolute Gasteiger partial charge is 0.134 e. The topological polar surface area (TPSA) is 22.4 Å². The lowest BCUT2D eigenvalue weighted by Gasteiger charge is -2.05. The Bertz CT molecular complexity index is 710. The Morgan fingerprint density at radius 3 is 2.68 bits per heavy atom. The van der Waals surface area contributed by atoms with E-state index in [9.17, 15) is 0 Å². The highest BCUT2D eigenvalue weighted by atomic mass is 16.5. The summed E-state index contributed by atoms with van der Waals surface area (Å²) in [4.78, 5) is 0. The van der Waals surface area contributed by atoms with Gasteiger partial charge in [0.2, 0.25) is 0 Å². The molecular weight excluding hydrogens is 236 g/mol. The molecule has 1 heterocycles. The van der Waals surface area contributed by atoms with E-state index in [0.29, 0.717) is 6.61 Å². The fourth-order valence-electron chi connectivity index (χ4n) is 2.17. The van der Waals surface area contributed by atoms with E-state index in [1.54, 1.807) is 6.26 Å². The van der Waals surface area contributed by atoms with E-state index in [1.165, 1.54) is 11.1 Å². The maximum Gasteiger partial charge on any atom is 0.134 e. The maximum absolute atomic E-state index is 5.81. The predicted molar refractivity (Wildman–Crippen MR) is 76.5 cm³/mol. The highest BCUT2D eigenvalue weighted by Gasteiger charge is 2.06. The lowest BCUT2D eigenvalue weighted by atomic mass is 10.1. The van der Waals surface area contributed by atoms with E-state index in [0.717, 1.165) is 22.3 Å². The molecule has 0 atom stereocenters. The van der Waals surface area contributed by atoms with Crippen LogP contribution in [0.1, 0.15) is 16.7 Å². The van der Waals surface area contributed by atoms with Crippen molar-refractivity contribution >= 4 is 11.0 Å². The minimum Gasteiger partial charge on any atom is -0.489 e. The van der Waals surface area contributed by atoms with Crippen molar-refractivity contribution in [1.82, 2.24) is 0 Å². The Morgan fingerprint density at radius 2 is 1.84 bits per heavy atom.